The number of benzene rings is 7. The maximum Gasteiger partial charge on any atom is 0.266 e. The summed E-state index contributed by atoms with van der Waals surface area (Å²) in [6.07, 6.45) is 4.60. The van der Waals surface area contributed by atoms with Gasteiger partial charge in [-0.3, -0.25) is 9.80 Å². The molecule has 2 aliphatic carbocycles. The van der Waals surface area contributed by atoms with E-state index in [1.165, 1.54) is 118 Å². The minimum atomic E-state index is -1.19. The molecular formula is C74H67BN6S3. The summed E-state index contributed by atoms with van der Waals surface area (Å²) in [5, 5.41) is 2.53. The van der Waals surface area contributed by atoms with E-state index in [9.17, 15) is 0 Å². The van der Waals surface area contributed by atoms with E-state index >= 15 is 0 Å². The Kier molecular flexibility index (Phi) is 10.6. The molecule has 10 heteroatoms. The highest BCUT2D eigenvalue weighted by atomic mass is 32.2. The van der Waals surface area contributed by atoms with Gasteiger partial charge in [-0.1, -0.05) is 146 Å². The summed E-state index contributed by atoms with van der Waals surface area (Å²) >= 11 is 3.94. The molecule has 1 atom stereocenters. The molecule has 4 aliphatic heterocycles. The van der Waals surface area contributed by atoms with Gasteiger partial charge in [-0.05, 0) is 173 Å². The van der Waals surface area contributed by atoms with Crippen LogP contribution in [0.1, 0.15) is 115 Å². The average molecular weight is 1150 g/mol. The van der Waals surface area contributed by atoms with Crippen LogP contribution >= 0.6 is 33.6 Å². The van der Waals surface area contributed by atoms with Crippen molar-refractivity contribution in [1.82, 2.24) is 9.97 Å². The second-order valence-electron chi connectivity index (χ2n) is 27.2. The number of pyridine rings is 2. The Balaban J connectivity index is 1.02. The number of thiophene rings is 2. The van der Waals surface area contributed by atoms with Gasteiger partial charge in [0.2, 0.25) is 0 Å². The number of aromatic nitrogens is 2. The molecule has 6 nitrogen and oxygen atoms in total. The molecule has 0 saturated heterocycles. The third-order valence-corrected chi connectivity index (χ3v) is 25.4. The molecule has 84 heavy (non-hydrogen) atoms. The highest BCUT2D eigenvalue weighted by Gasteiger charge is 2.50. The smallest absolute Gasteiger partial charge is 0.266 e. The number of thiol groups is 1. The summed E-state index contributed by atoms with van der Waals surface area (Å²) in [5.74, 6) is 2.04. The van der Waals surface area contributed by atoms with Crippen molar-refractivity contribution < 1.29 is 0 Å². The number of fused-ring (bicyclic) bond motifs is 14. The van der Waals surface area contributed by atoms with Gasteiger partial charge in [-0.15, -0.1) is 22.7 Å². The maximum absolute atomic E-state index is 5.74. The predicted molar refractivity (Wildman–Crippen MR) is 360 cm³/mol. The molecule has 8 heterocycles. The molecule has 0 saturated carbocycles. The SMILES string of the molecule is Cc1cc2c3c(n1)N(c1ccccc1)c1c(sc4ccccc14)B3c1cc3c(cc1N2c1ccc2c(c1)C(C)(C)CCC2(C)C)N(c1ccc2c(c1)C(C)(C)CCC2(C)C)c1cc(C)nc2c1[SH]3c1sc3ccccc3c1N2c1ccccc1. The van der Waals surface area contributed by atoms with Gasteiger partial charge in [-0.2, -0.15) is 10.9 Å². The summed E-state index contributed by atoms with van der Waals surface area (Å²) in [6, 6.07) is 65.4. The number of rotatable bonds is 4. The third kappa shape index (κ3) is 7.05. The fourth-order valence-corrected chi connectivity index (χ4v) is 21.5. The zero-order valence-corrected chi connectivity index (χ0v) is 52.0. The van der Waals surface area contributed by atoms with Crippen LogP contribution in [-0.4, -0.2) is 16.7 Å². The topological polar surface area (TPSA) is 38.7 Å². The van der Waals surface area contributed by atoms with E-state index < -0.39 is 10.9 Å². The Morgan fingerprint density at radius 2 is 0.917 bits per heavy atom. The molecule has 414 valence electrons. The Labute approximate surface area is 504 Å². The van der Waals surface area contributed by atoms with E-state index in [0.717, 1.165) is 60.1 Å². The van der Waals surface area contributed by atoms with Crippen LogP contribution in [0.4, 0.5) is 68.5 Å². The highest BCUT2D eigenvalue weighted by Crippen LogP contribution is 2.74. The molecule has 11 aromatic rings. The molecule has 0 N–H and O–H groups in total. The van der Waals surface area contributed by atoms with Crippen molar-refractivity contribution in [2.75, 3.05) is 19.6 Å². The van der Waals surface area contributed by atoms with Gasteiger partial charge in [0, 0.05) is 75.4 Å². The van der Waals surface area contributed by atoms with Gasteiger partial charge < -0.3 is 9.80 Å². The third-order valence-electron chi connectivity index (χ3n) is 20.1. The van der Waals surface area contributed by atoms with E-state index in [-0.39, 0.29) is 28.4 Å². The van der Waals surface area contributed by atoms with E-state index in [1.54, 1.807) is 0 Å². The first-order valence-corrected chi connectivity index (χ1v) is 33.1. The molecule has 0 spiro atoms. The monoisotopic (exact) mass is 1150 g/mol. The number of nitrogens with zero attached hydrogens (tertiary/aromatic N) is 6. The number of aryl methyl sites for hydroxylation is 2. The molecule has 6 aliphatic rings. The molecule has 0 amide bonds. The first kappa shape index (κ1) is 50.9. The first-order valence-electron chi connectivity index (χ1n) is 30.1. The van der Waals surface area contributed by atoms with E-state index in [1.807, 2.05) is 22.7 Å². The van der Waals surface area contributed by atoms with Crippen LogP contribution in [0.3, 0.4) is 0 Å². The van der Waals surface area contributed by atoms with Crippen molar-refractivity contribution in [2.24, 2.45) is 0 Å². The van der Waals surface area contributed by atoms with Crippen LogP contribution < -0.4 is 35.3 Å². The lowest BCUT2D eigenvalue weighted by Gasteiger charge is -2.48. The van der Waals surface area contributed by atoms with Crippen LogP contribution in [-0.2, 0) is 21.7 Å². The molecule has 1 unspecified atom stereocenters. The second kappa shape index (κ2) is 17.5. The van der Waals surface area contributed by atoms with Crippen LogP contribution in [0, 0.1) is 13.8 Å². The van der Waals surface area contributed by atoms with Gasteiger partial charge in [0.05, 0.1) is 31.9 Å². The van der Waals surface area contributed by atoms with Crippen LogP contribution in [0.25, 0.3) is 20.2 Å². The lowest BCUT2D eigenvalue weighted by molar-refractivity contribution is 0.332. The molecular weight excluding hydrogens is 1080 g/mol. The summed E-state index contributed by atoms with van der Waals surface area (Å²) in [4.78, 5) is 24.5. The molecule has 0 radical (unpaired) electrons. The predicted octanol–water partition coefficient (Wildman–Crippen LogP) is 19.3. The quantitative estimate of drug-likeness (QED) is 0.140. The fraction of sp³-hybridized carbons (Fsp3) is 0.243. The maximum atomic E-state index is 5.74. The van der Waals surface area contributed by atoms with Crippen molar-refractivity contribution >= 4 is 145 Å². The lowest BCUT2D eigenvalue weighted by atomic mass is 9.36. The van der Waals surface area contributed by atoms with E-state index in [0.29, 0.717) is 0 Å². The molecule has 17 rings (SSSR count). The Hall–Kier alpha value is -7.63. The summed E-state index contributed by atoms with van der Waals surface area (Å²) in [7, 11) is -1.19. The van der Waals surface area contributed by atoms with Crippen molar-refractivity contribution in [2.45, 2.75) is 131 Å². The van der Waals surface area contributed by atoms with Crippen LogP contribution in [0.15, 0.2) is 184 Å². The molecule has 7 aromatic carbocycles. The number of hydrogen-bond acceptors (Lipinski definition) is 8. The Bertz CT molecular complexity index is 4360. The molecule has 4 aromatic heterocycles. The van der Waals surface area contributed by atoms with Crippen molar-refractivity contribution in [3.8, 4) is 0 Å². The van der Waals surface area contributed by atoms with Gasteiger partial charge in [-0.25, -0.2) is 9.97 Å². The number of hydrogen-bond donors (Lipinski definition) is 1. The van der Waals surface area contributed by atoms with Crippen molar-refractivity contribution in [3.63, 3.8) is 0 Å². The largest absolute Gasteiger partial charge is 0.311 e. The van der Waals surface area contributed by atoms with E-state index in [2.05, 4.69) is 259 Å². The number of para-hydroxylation sites is 2. The van der Waals surface area contributed by atoms with Gasteiger partial charge in [0.15, 0.2) is 5.82 Å². The standard InChI is InChI=1S/C74H67BN6S3/c1-43-37-58-63-68(76-43)80(45-21-13-11-14-22-45)64-49-25-17-19-27-60(49)82-67(64)75(63)55-41-62-57(42-56(55)78(58)47-29-31-51-53(39-47)73(7,8)35-33-71(51,3)4)79(48-30-32-52-54(40-48)74(9,10)36-34-72(52,5)6)59-38-44(2)77-69-66(59)84(62)70-65(50-26-18-20-28-61(50)83-70)81(69)46-23-15-12-16-24-46/h11-32,37-42,84H,33-36H2,1-10H3. The molecule has 0 bridgehead atoms. The zero-order valence-electron chi connectivity index (χ0n) is 49.5. The van der Waals surface area contributed by atoms with Crippen LogP contribution in [0.5, 0.6) is 0 Å². The average Bonchev–Trinajstić information content (AvgIpc) is 1.19. The van der Waals surface area contributed by atoms with Crippen molar-refractivity contribution in [3.05, 3.63) is 203 Å². The van der Waals surface area contributed by atoms with Gasteiger partial charge in [0.1, 0.15) is 5.82 Å². The van der Waals surface area contributed by atoms with E-state index in [4.69, 9.17) is 9.97 Å². The summed E-state index contributed by atoms with van der Waals surface area (Å²) < 4.78 is 5.35. The highest BCUT2D eigenvalue weighted by molar-refractivity contribution is 8.19. The molecule has 0 fully saturated rings. The second-order valence-corrected chi connectivity index (χ2v) is 31.7. The fourth-order valence-electron chi connectivity index (χ4n) is 15.6. The minimum absolute atomic E-state index is 0.000368. The zero-order chi connectivity index (χ0) is 57.1. The Morgan fingerprint density at radius 1 is 0.429 bits per heavy atom. The minimum Gasteiger partial charge on any atom is -0.311 e. The lowest BCUT2D eigenvalue weighted by Crippen LogP contribution is -2.61. The van der Waals surface area contributed by atoms with Crippen LogP contribution in [0.2, 0.25) is 0 Å². The number of anilines is 12. The first-order chi connectivity index (χ1) is 40.5. The van der Waals surface area contributed by atoms with Gasteiger partial charge >= 0.3 is 0 Å². The summed E-state index contributed by atoms with van der Waals surface area (Å²) in [6.45, 7) is 24.0. The summed E-state index contributed by atoms with van der Waals surface area (Å²) in [5.41, 5.74) is 22.5. The Morgan fingerprint density at radius 3 is 1.51 bits per heavy atom. The normalized spacial score (nSPS) is 19.0. The van der Waals surface area contributed by atoms with Gasteiger partial charge in [0.25, 0.3) is 6.71 Å². The van der Waals surface area contributed by atoms with Crippen molar-refractivity contribution in [1.29, 1.82) is 0 Å².